The van der Waals surface area contributed by atoms with Gasteiger partial charge in [0.1, 0.15) is 6.61 Å². The van der Waals surface area contributed by atoms with Crippen molar-refractivity contribution in [3.05, 3.63) is 95.6 Å². The Labute approximate surface area is 164 Å². The predicted octanol–water partition coefficient (Wildman–Crippen LogP) is 4.43. The first-order valence-electron chi connectivity index (χ1n) is 9.08. The van der Waals surface area contributed by atoms with Crippen LogP contribution in [0.5, 0.6) is 11.5 Å². The highest BCUT2D eigenvalue weighted by atomic mass is 16.5. The van der Waals surface area contributed by atoms with Crippen molar-refractivity contribution in [2.45, 2.75) is 13.5 Å². The number of hydrogen-bond donors (Lipinski definition) is 1. The molecule has 1 N–H and O–H groups in total. The van der Waals surface area contributed by atoms with Gasteiger partial charge >= 0.3 is 0 Å². The first kappa shape index (κ1) is 19.2. The van der Waals surface area contributed by atoms with Crippen LogP contribution in [-0.2, 0) is 6.61 Å². The third-order valence-electron chi connectivity index (χ3n) is 3.92. The molecule has 5 nitrogen and oxygen atoms in total. The van der Waals surface area contributed by atoms with Crippen LogP contribution in [0.25, 0.3) is 0 Å². The number of rotatable bonds is 8. The molecule has 0 saturated carbocycles. The van der Waals surface area contributed by atoms with E-state index in [0.717, 1.165) is 11.1 Å². The number of nitrogens with zero attached hydrogens (tertiary/aromatic N) is 1. The molecule has 3 aromatic carbocycles. The summed E-state index contributed by atoms with van der Waals surface area (Å²) in [6.45, 7) is 2.90. The number of amides is 1. The lowest BCUT2D eigenvalue weighted by Gasteiger charge is -2.12. The fourth-order valence-electron chi connectivity index (χ4n) is 2.55. The van der Waals surface area contributed by atoms with Crippen molar-refractivity contribution >= 4 is 12.1 Å². The standard InChI is InChI=1S/C23H22N2O3/c1-2-27-22-15-19(16-24-25-23(26)20-11-7-4-8-12-20)13-14-21(22)28-17-18-9-5-3-6-10-18/h3-16H,2,17H2,1H3,(H,25,26)/b24-16-. The van der Waals surface area contributed by atoms with Gasteiger partial charge in [-0.15, -0.1) is 0 Å². The van der Waals surface area contributed by atoms with Crippen molar-refractivity contribution in [3.63, 3.8) is 0 Å². The van der Waals surface area contributed by atoms with Gasteiger partial charge in [0.05, 0.1) is 12.8 Å². The van der Waals surface area contributed by atoms with E-state index in [1.54, 1.807) is 30.5 Å². The Hall–Kier alpha value is -3.60. The molecule has 0 radical (unpaired) electrons. The van der Waals surface area contributed by atoms with Crippen LogP contribution in [0.3, 0.4) is 0 Å². The molecular weight excluding hydrogens is 352 g/mol. The Kier molecular flexibility index (Phi) is 6.79. The summed E-state index contributed by atoms with van der Waals surface area (Å²) in [7, 11) is 0. The summed E-state index contributed by atoms with van der Waals surface area (Å²) in [5.74, 6) is 1.04. The summed E-state index contributed by atoms with van der Waals surface area (Å²) in [4.78, 5) is 12.0. The molecule has 0 heterocycles. The summed E-state index contributed by atoms with van der Waals surface area (Å²) in [6, 6.07) is 24.4. The van der Waals surface area contributed by atoms with E-state index < -0.39 is 0 Å². The normalized spacial score (nSPS) is 10.6. The molecule has 5 heteroatoms. The minimum Gasteiger partial charge on any atom is -0.490 e. The van der Waals surface area contributed by atoms with Crippen LogP contribution in [0.1, 0.15) is 28.4 Å². The number of carbonyl (C=O) groups is 1. The second kappa shape index (κ2) is 9.92. The fourth-order valence-corrected chi connectivity index (χ4v) is 2.55. The smallest absolute Gasteiger partial charge is 0.271 e. The minimum absolute atomic E-state index is 0.260. The van der Waals surface area contributed by atoms with Gasteiger partial charge in [-0.3, -0.25) is 4.79 Å². The van der Waals surface area contributed by atoms with Crippen LogP contribution in [0, 0.1) is 0 Å². The number of ether oxygens (including phenoxy) is 2. The van der Waals surface area contributed by atoms with E-state index in [9.17, 15) is 4.79 Å². The number of hydrogen-bond acceptors (Lipinski definition) is 4. The van der Waals surface area contributed by atoms with Gasteiger partial charge in [0.25, 0.3) is 5.91 Å². The molecule has 0 aliphatic carbocycles. The fraction of sp³-hybridized carbons (Fsp3) is 0.130. The summed E-state index contributed by atoms with van der Waals surface area (Å²) in [5, 5.41) is 4.02. The molecule has 0 spiro atoms. The lowest BCUT2D eigenvalue weighted by atomic mass is 10.2. The van der Waals surface area contributed by atoms with Crippen molar-refractivity contribution in [3.8, 4) is 11.5 Å². The van der Waals surface area contributed by atoms with Crippen molar-refractivity contribution in [2.24, 2.45) is 5.10 Å². The highest BCUT2D eigenvalue weighted by Gasteiger charge is 2.07. The van der Waals surface area contributed by atoms with Gasteiger partial charge < -0.3 is 9.47 Å². The quantitative estimate of drug-likeness (QED) is 0.469. The molecule has 0 saturated heterocycles. The number of carbonyl (C=O) groups excluding carboxylic acids is 1. The van der Waals surface area contributed by atoms with Crippen molar-refractivity contribution in [1.82, 2.24) is 5.43 Å². The zero-order valence-electron chi connectivity index (χ0n) is 15.7. The Morgan fingerprint density at radius 3 is 2.36 bits per heavy atom. The second-order valence-corrected chi connectivity index (χ2v) is 5.98. The predicted molar refractivity (Wildman–Crippen MR) is 110 cm³/mol. The molecule has 0 unspecified atom stereocenters. The topological polar surface area (TPSA) is 59.9 Å². The Morgan fingerprint density at radius 2 is 1.64 bits per heavy atom. The lowest BCUT2D eigenvalue weighted by Crippen LogP contribution is -2.17. The van der Waals surface area contributed by atoms with E-state index >= 15 is 0 Å². The molecule has 0 aliphatic heterocycles. The molecule has 142 valence electrons. The van der Waals surface area contributed by atoms with Crippen molar-refractivity contribution < 1.29 is 14.3 Å². The first-order valence-corrected chi connectivity index (χ1v) is 9.08. The average molecular weight is 374 g/mol. The maximum Gasteiger partial charge on any atom is 0.271 e. The highest BCUT2D eigenvalue weighted by Crippen LogP contribution is 2.28. The molecule has 0 aromatic heterocycles. The summed E-state index contributed by atoms with van der Waals surface area (Å²) in [5.41, 5.74) is 4.95. The van der Waals surface area contributed by atoms with Gasteiger partial charge in [-0.1, -0.05) is 48.5 Å². The molecule has 3 aromatic rings. The van der Waals surface area contributed by atoms with E-state index in [-0.39, 0.29) is 5.91 Å². The average Bonchev–Trinajstić information content (AvgIpc) is 2.75. The Morgan fingerprint density at radius 1 is 0.929 bits per heavy atom. The van der Waals surface area contributed by atoms with Gasteiger partial charge in [-0.2, -0.15) is 5.10 Å². The summed E-state index contributed by atoms with van der Waals surface area (Å²) in [6.07, 6.45) is 1.57. The second-order valence-electron chi connectivity index (χ2n) is 5.98. The van der Waals surface area contributed by atoms with Crippen LogP contribution in [0.4, 0.5) is 0 Å². The molecule has 0 fully saturated rings. The number of nitrogens with one attached hydrogen (secondary N) is 1. The maximum atomic E-state index is 12.0. The molecular formula is C23H22N2O3. The first-order chi connectivity index (χ1) is 13.8. The number of benzene rings is 3. The molecule has 0 aliphatic rings. The van der Waals surface area contributed by atoms with Crippen molar-refractivity contribution in [1.29, 1.82) is 0 Å². The van der Waals surface area contributed by atoms with E-state index in [1.165, 1.54) is 0 Å². The van der Waals surface area contributed by atoms with Gasteiger partial charge in [0.15, 0.2) is 11.5 Å². The van der Waals surface area contributed by atoms with E-state index in [1.807, 2.05) is 61.5 Å². The summed E-state index contributed by atoms with van der Waals surface area (Å²) >= 11 is 0. The SMILES string of the molecule is CCOc1cc(/C=N\NC(=O)c2ccccc2)ccc1OCc1ccccc1. The monoisotopic (exact) mass is 374 g/mol. The molecule has 0 atom stereocenters. The van der Waals surface area contributed by atoms with Crippen LogP contribution in [0.2, 0.25) is 0 Å². The third-order valence-corrected chi connectivity index (χ3v) is 3.92. The van der Waals surface area contributed by atoms with Gasteiger partial charge in [0.2, 0.25) is 0 Å². The summed E-state index contributed by atoms with van der Waals surface area (Å²) < 4.78 is 11.6. The van der Waals surface area contributed by atoms with E-state index in [4.69, 9.17) is 9.47 Å². The van der Waals surface area contributed by atoms with Crippen LogP contribution in [-0.4, -0.2) is 18.7 Å². The lowest BCUT2D eigenvalue weighted by molar-refractivity contribution is 0.0955. The minimum atomic E-state index is -0.260. The van der Waals surface area contributed by atoms with Crippen LogP contribution >= 0.6 is 0 Å². The zero-order chi connectivity index (χ0) is 19.6. The largest absolute Gasteiger partial charge is 0.490 e. The van der Waals surface area contributed by atoms with Gasteiger partial charge in [-0.25, -0.2) is 5.43 Å². The molecule has 1 amide bonds. The molecule has 3 rings (SSSR count). The van der Waals surface area contributed by atoms with Gasteiger partial charge in [0, 0.05) is 5.56 Å². The maximum absolute atomic E-state index is 12.0. The Balaban J connectivity index is 1.65. The van der Waals surface area contributed by atoms with Crippen molar-refractivity contribution in [2.75, 3.05) is 6.61 Å². The van der Waals surface area contributed by atoms with E-state index in [0.29, 0.717) is 30.3 Å². The molecule has 0 bridgehead atoms. The number of hydrazone groups is 1. The van der Waals surface area contributed by atoms with E-state index in [2.05, 4.69) is 10.5 Å². The zero-order valence-corrected chi connectivity index (χ0v) is 15.7. The molecule has 28 heavy (non-hydrogen) atoms. The Bertz CT molecular complexity index is 925. The van der Waals surface area contributed by atoms with Crippen LogP contribution < -0.4 is 14.9 Å². The highest BCUT2D eigenvalue weighted by molar-refractivity contribution is 5.94. The van der Waals surface area contributed by atoms with Gasteiger partial charge in [-0.05, 0) is 48.4 Å². The third kappa shape index (κ3) is 5.45. The van der Waals surface area contributed by atoms with Crippen LogP contribution in [0.15, 0.2) is 84.0 Å².